The third-order valence-electron chi connectivity index (χ3n) is 3.45. The number of anilines is 1. The first-order valence-electron chi connectivity index (χ1n) is 6.67. The molecule has 0 saturated carbocycles. The fourth-order valence-corrected chi connectivity index (χ4v) is 2.60. The number of benzene rings is 1. The SMILES string of the molecule is Nc1ccc(Cl)c(-c2nnnn2CCC2CCCO2)c1. The van der Waals surface area contributed by atoms with Crippen LogP contribution in [-0.4, -0.2) is 32.9 Å². The van der Waals surface area contributed by atoms with E-state index in [1.54, 1.807) is 22.9 Å². The summed E-state index contributed by atoms with van der Waals surface area (Å²) in [5, 5.41) is 12.4. The van der Waals surface area contributed by atoms with Crippen LogP contribution in [0, 0.1) is 0 Å². The molecule has 0 amide bonds. The number of ether oxygens (including phenoxy) is 1. The Morgan fingerprint density at radius 1 is 1.45 bits per heavy atom. The van der Waals surface area contributed by atoms with Crippen molar-refractivity contribution in [2.24, 2.45) is 0 Å². The van der Waals surface area contributed by atoms with E-state index >= 15 is 0 Å². The normalized spacial score (nSPS) is 18.6. The molecule has 6 nitrogen and oxygen atoms in total. The van der Waals surface area contributed by atoms with Crippen molar-refractivity contribution in [3.63, 3.8) is 0 Å². The molecule has 1 aliphatic heterocycles. The highest BCUT2D eigenvalue weighted by Gasteiger charge is 2.18. The van der Waals surface area contributed by atoms with Gasteiger partial charge >= 0.3 is 0 Å². The Morgan fingerprint density at radius 3 is 3.15 bits per heavy atom. The predicted molar refractivity (Wildman–Crippen MR) is 76.3 cm³/mol. The van der Waals surface area contributed by atoms with E-state index in [1.165, 1.54) is 0 Å². The maximum atomic E-state index is 6.20. The van der Waals surface area contributed by atoms with Gasteiger partial charge < -0.3 is 10.5 Å². The van der Waals surface area contributed by atoms with Gasteiger partial charge in [0.1, 0.15) is 0 Å². The number of nitrogens with two attached hydrogens (primary N) is 1. The molecule has 1 aromatic carbocycles. The average molecular weight is 294 g/mol. The van der Waals surface area contributed by atoms with Crippen LogP contribution in [0.15, 0.2) is 18.2 Å². The molecular weight excluding hydrogens is 278 g/mol. The Labute approximate surface area is 121 Å². The second-order valence-electron chi connectivity index (χ2n) is 4.89. The maximum Gasteiger partial charge on any atom is 0.183 e. The monoisotopic (exact) mass is 293 g/mol. The molecule has 2 heterocycles. The largest absolute Gasteiger partial charge is 0.399 e. The third kappa shape index (κ3) is 2.76. The molecule has 7 heteroatoms. The second kappa shape index (κ2) is 5.76. The zero-order valence-electron chi connectivity index (χ0n) is 11.0. The molecule has 2 aromatic rings. The molecule has 1 atom stereocenters. The van der Waals surface area contributed by atoms with E-state index < -0.39 is 0 Å². The third-order valence-corrected chi connectivity index (χ3v) is 3.78. The summed E-state index contributed by atoms with van der Waals surface area (Å²) in [4.78, 5) is 0. The van der Waals surface area contributed by atoms with E-state index in [0.717, 1.165) is 31.4 Å². The maximum absolute atomic E-state index is 6.20. The number of tetrazole rings is 1. The van der Waals surface area contributed by atoms with Gasteiger partial charge in [0.05, 0.1) is 11.1 Å². The molecule has 1 fully saturated rings. The lowest BCUT2D eigenvalue weighted by Crippen LogP contribution is -2.12. The highest BCUT2D eigenvalue weighted by molar-refractivity contribution is 6.33. The average Bonchev–Trinajstić information content (AvgIpc) is 3.09. The summed E-state index contributed by atoms with van der Waals surface area (Å²) in [5.41, 5.74) is 7.19. The molecule has 20 heavy (non-hydrogen) atoms. The predicted octanol–water partition coefficient (Wildman–Crippen LogP) is 2.14. The highest BCUT2D eigenvalue weighted by atomic mass is 35.5. The number of hydrogen-bond donors (Lipinski definition) is 1. The number of hydrogen-bond acceptors (Lipinski definition) is 5. The minimum Gasteiger partial charge on any atom is -0.399 e. The Kier molecular flexibility index (Phi) is 3.84. The number of nitrogens with zero attached hydrogens (tertiary/aromatic N) is 4. The van der Waals surface area contributed by atoms with Gasteiger partial charge in [-0.2, -0.15) is 0 Å². The molecule has 1 saturated heterocycles. The van der Waals surface area contributed by atoms with E-state index in [4.69, 9.17) is 22.1 Å². The van der Waals surface area contributed by atoms with Crippen molar-refractivity contribution in [1.29, 1.82) is 0 Å². The molecular formula is C13H16ClN5O. The van der Waals surface area contributed by atoms with Crippen LogP contribution in [0.5, 0.6) is 0 Å². The molecule has 0 aliphatic carbocycles. The topological polar surface area (TPSA) is 78.9 Å². The van der Waals surface area contributed by atoms with Gasteiger partial charge in [0.15, 0.2) is 5.82 Å². The summed E-state index contributed by atoms with van der Waals surface area (Å²) in [6.45, 7) is 1.56. The number of nitrogen functional groups attached to an aromatic ring is 1. The smallest absolute Gasteiger partial charge is 0.183 e. The Hall–Kier alpha value is -1.66. The lowest BCUT2D eigenvalue weighted by Gasteiger charge is -2.10. The van der Waals surface area contributed by atoms with Gasteiger partial charge in [-0.15, -0.1) is 5.10 Å². The van der Waals surface area contributed by atoms with Crippen molar-refractivity contribution >= 4 is 17.3 Å². The summed E-state index contributed by atoms with van der Waals surface area (Å²) < 4.78 is 7.36. The van der Waals surface area contributed by atoms with Gasteiger partial charge in [-0.05, 0) is 47.9 Å². The first-order valence-corrected chi connectivity index (χ1v) is 7.05. The second-order valence-corrected chi connectivity index (χ2v) is 5.30. The summed E-state index contributed by atoms with van der Waals surface area (Å²) in [5.74, 6) is 0.639. The van der Waals surface area contributed by atoms with E-state index in [2.05, 4.69) is 15.5 Å². The first kappa shape index (κ1) is 13.3. The Morgan fingerprint density at radius 2 is 2.35 bits per heavy atom. The summed E-state index contributed by atoms with van der Waals surface area (Å²) in [7, 11) is 0. The zero-order valence-corrected chi connectivity index (χ0v) is 11.8. The highest BCUT2D eigenvalue weighted by Crippen LogP contribution is 2.28. The van der Waals surface area contributed by atoms with Gasteiger partial charge in [-0.1, -0.05) is 11.6 Å². The van der Waals surface area contributed by atoms with Gasteiger partial charge in [0.25, 0.3) is 0 Å². The van der Waals surface area contributed by atoms with Crippen LogP contribution in [0.4, 0.5) is 5.69 Å². The number of aromatic nitrogens is 4. The van der Waals surface area contributed by atoms with E-state index in [9.17, 15) is 0 Å². The molecule has 0 radical (unpaired) electrons. The summed E-state index contributed by atoms with van der Waals surface area (Å²) in [6, 6.07) is 5.30. The molecule has 106 valence electrons. The van der Waals surface area contributed by atoms with E-state index in [0.29, 0.717) is 29.2 Å². The van der Waals surface area contributed by atoms with Crippen LogP contribution in [0.1, 0.15) is 19.3 Å². The van der Waals surface area contributed by atoms with Crippen molar-refractivity contribution in [3.8, 4) is 11.4 Å². The van der Waals surface area contributed by atoms with Gasteiger partial charge in [0.2, 0.25) is 0 Å². The molecule has 3 rings (SSSR count). The van der Waals surface area contributed by atoms with Gasteiger partial charge in [-0.25, -0.2) is 4.68 Å². The van der Waals surface area contributed by atoms with Gasteiger partial charge in [0, 0.05) is 24.4 Å². The van der Waals surface area contributed by atoms with Crippen LogP contribution in [0.25, 0.3) is 11.4 Å². The molecule has 0 spiro atoms. The number of aryl methyl sites for hydroxylation is 1. The van der Waals surface area contributed by atoms with Crippen molar-refractivity contribution in [3.05, 3.63) is 23.2 Å². The molecule has 1 aliphatic rings. The van der Waals surface area contributed by atoms with Crippen LogP contribution < -0.4 is 5.73 Å². The fourth-order valence-electron chi connectivity index (χ4n) is 2.40. The Balaban J connectivity index is 1.80. The summed E-state index contributed by atoms with van der Waals surface area (Å²) >= 11 is 6.20. The van der Waals surface area contributed by atoms with Crippen molar-refractivity contribution in [1.82, 2.24) is 20.2 Å². The first-order chi connectivity index (χ1) is 9.74. The minimum atomic E-state index is 0.309. The zero-order chi connectivity index (χ0) is 13.9. The molecule has 1 aromatic heterocycles. The standard InChI is InChI=1S/C13H16ClN5O/c14-12-4-3-9(15)8-11(12)13-16-17-18-19(13)6-5-10-2-1-7-20-10/h3-4,8,10H,1-2,5-7,15H2. The van der Waals surface area contributed by atoms with E-state index in [-0.39, 0.29) is 0 Å². The fraction of sp³-hybridized carbons (Fsp3) is 0.462. The number of rotatable bonds is 4. The van der Waals surface area contributed by atoms with Crippen LogP contribution in [0.3, 0.4) is 0 Å². The summed E-state index contributed by atoms with van der Waals surface area (Å²) in [6.07, 6.45) is 3.45. The molecule has 1 unspecified atom stereocenters. The van der Waals surface area contributed by atoms with Crippen molar-refractivity contribution in [2.45, 2.75) is 31.9 Å². The number of halogens is 1. The van der Waals surface area contributed by atoms with Crippen LogP contribution in [-0.2, 0) is 11.3 Å². The quantitative estimate of drug-likeness (QED) is 0.874. The van der Waals surface area contributed by atoms with Crippen molar-refractivity contribution < 1.29 is 4.74 Å². The minimum absolute atomic E-state index is 0.309. The van der Waals surface area contributed by atoms with Crippen LogP contribution >= 0.6 is 11.6 Å². The lowest BCUT2D eigenvalue weighted by atomic mass is 10.1. The molecule has 2 N–H and O–H groups in total. The molecule has 0 bridgehead atoms. The van der Waals surface area contributed by atoms with Gasteiger partial charge in [-0.3, -0.25) is 0 Å². The van der Waals surface area contributed by atoms with Crippen LogP contribution in [0.2, 0.25) is 5.02 Å². The Bertz CT molecular complexity index is 594. The van der Waals surface area contributed by atoms with Crippen molar-refractivity contribution in [2.75, 3.05) is 12.3 Å². The van der Waals surface area contributed by atoms with E-state index in [1.807, 2.05) is 0 Å². The lowest BCUT2D eigenvalue weighted by molar-refractivity contribution is 0.0994.